The van der Waals surface area contributed by atoms with Crippen LogP contribution in [0.15, 0.2) is 36.4 Å². The highest BCUT2D eigenvalue weighted by Crippen LogP contribution is 2.36. The Labute approximate surface area is 120 Å². The summed E-state index contributed by atoms with van der Waals surface area (Å²) < 4.78 is 5.13. The van der Waals surface area contributed by atoms with Crippen LogP contribution < -0.4 is 4.74 Å². The van der Waals surface area contributed by atoms with Crippen molar-refractivity contribution in [3.05, 3.63) is 46.4 Å². The number of aromatic amines is 1. The molecule has 0 atom stereocenters. The van der Waals surface area contributed by atoms with Crippen LogP contribution in [0.1, 0.15) is 0 Å². The van der Waals surface area contributed by atoms with E-state index in [-0.39, 0.29) is 0 Å². The molecule has 3 rings (SSSR count). The minimum atomic E-state index is 0.463. The second-order valence-corrected chi connectivity index (χ2v) is 4.89. The summed E-state index contributed by atoms with van der Waals surface area (Å²) in [6.45, 7) is 0. The van der Waals surface area contributed by atoms with E-state index in [0.29, 0.717) is 15.8 Å². The molecule has 0 unspecified atom stereocenters. The lowest BCUT2D eigenvalue weighted by atomic mass is 10.2. The van der Waals surface area contributed by atoms with Gasteiger partial charge in [-0.05, 0) is 24.3 Å². The van der Waals surface area contributed by atoms with Gasteiger partial charge in [-0.2, -0.15) is 0 Å². The quantitative estimate of drug-likeness (QED) is 0.753. The maximum atomic E-state index is 6.13. The van der Waals surface area contributed by atoms with Gasteiger partial charge in [0, 0.05) is 5.56 Å². The normalized spacial score (nSPS) is 10.9. The van der Waals surface area contributed by atoms with E-state index in [1.807, 2.05) is 24.3 Å². The number of benzene rings is 2. The number of aromatic nitrogens is 2. The molecule has 0 saturated carbocycles. The van der Waals surface area contributed by atoms with Gasteiger partial charge in [0.2, 0.25) is 0 Å². The number of H-pyrrole nitrogens is 1. The molecule has 0 spiro atoms. The van der Waals surface area contributed by atoms with Crippen molar-refractivity contribution in [1.82, 2.24) is 9.97 Å². The molecule has 1 N–H and O–H groups in total. The molecule has 0 aliphatic rings. The summed E-state index contributed by atoms with van der Waals surface area (Å²) in [5, 5.41) is 0.927. The lowest BCUT2D eigenvalue weighted by Crippen LogP contribution is -1.88. The first-order valence-corrected chi connectivity index (χ1v) is 6.43. The molecule has 0 bridgehead atoms. The van der Waals surface area contributed by atoms with Crippen LogP contribution in [0, 0.1) is 0 Å². The molecule has 1 aromatic heterocycles. The molecule has 0 fully saturated rings. The molecule has 1 heterocycles. The van der Waals surface area contributed by atoms with Gasteiger partial charge in [-0.15, -0.1) is 0 Å². The second-order valence-electron chi connectivity index (χ2n) is 4.08. The molecule has 5 heteroatoms. The Morgan fingerprint density at radius 1 is 1.11 bits per heavy atom. The molecule has 3 nitrogen and oxygen atoms in total. The van der Waals surface area contributed by atoms with E-state index < -0.39 is 0 Å². The molecular formula is C14H10Cl2N2O. The maximum Gasteiger partial charge on any atom is 0.156 e. The Balaban J connectivity index is 2.16. The SMILES string of the molecule is COc1c(Cl)cc(-c2nc3ccccc3[nH]2)cc1Cl. The van der Waals surface area contributed by atoms with Crippen LogP contribution in [0.4, 0.5) is 0 Å². The number of nitrogens with zero attached hydrogens (tertiary/aromatic N) is 1. The van der Waals surface area contributed by atoms with Gasteiger partial charge in [0.1, 0.15) is 5.82 Å². The van der Waals surface area contributed by atoms with Crippen LogP contribution in [0.2, 0.25) is 10.0 Å². The first kappa shape index (κ1) is 12.3. The number of ether oxygens (including phenoxy) is 1. The first-order valence-electron chi connectivity index (χ1n) is 5.67. The number of hydrogen-bond acceptors (Lipinski definition) is 2. The standard InChI is InChI=1S/C14H10Cl2N2O/c1-19-13-9(15)6-8(7-10(13)16)14-17-11-4-2-3-5-12(11)18-14/h2-7H,1H3,(H,17,18). The highest BCUT2D eigenvalue weighted by Gasteiger charge is 2.12. The van der Waals surface area contributed by atoms with Crippen LogP contribution in [0.3, 0.4) is 0 Å². The van der Waals surface area contributed by atoms with E-state index in [1.54, 1.807) is 12.1 Å². The van der Waals surface area contributed by atoms with Crippen molar-refractivity contribution in [2.75, 3.05) is 7.11 Å². The summed E-state index contributed by atoms with van der Waals surface area (Å²) in [5.41, 5.74) is 2.70. The number of fused-ring (bicyclic) bond motifs is 1. The average Bonchev–Trinajstić information content (AvgIpc) is 2.82. The van der Waals surface area contributed by atoms with Crippen LogP contribution >= 0.6 is 23.2 Å². The van der Waals surface area contributed by atoms with Crippen LogP contribution in [0.25, 0.3) is 22.4 Å². The molecule has 0 saturated heterocycles. The largest absolute Gasteiger partial charge is 0.494 e. The summed E-state index contributed by atoms with van der Waals surface area (Å²) in [4.78, 5) is 7.74. The number of hydrogen-bond donors (Lipinski definition) is 1. The Morgan fingerprint density at radius 2 is 1.79 bits per heavy atom. The minimum Gasteiger partial charge on any atom is -0.494 e. The fourth-order valence-corrected chi connectivity index (χ4v) is 2.62. The molecule has 0 radical (unpaired) electrons. The molecule has 3 aromatic rings. The molecule has 19 heavy (non-hydrogen) atoms. The molecular weight excluding hydrogens is 283 g/mol. The van der Waals surface area contributed by atoms with Crippen LogP contribution in [-0.4, -0.2) is 17.1 Å². The summed E-state index contributed by atoms with van der Waals surface area (Å²) in [5.74, 6) is 1.20. The Morgan fingerprint density at radius 3 is 2.42 bits per heavy atom. The predicted octanol–water partition coefficient (Wildman–Crippen LogP) is 4.55. The molecule has 0 aliphatic carbocycles. The van der Waals surface area contributed by atoms with Gasteiger partial charge in [-0.25, -0.2) is 4.98 Å². The predicted molar refractivity (Wildman–Crippen MR) is 78.1 cm³/mol. The Bertz CT molecular complexity index is 696. The molecule has 0 aliphatic heterocycles. The lowest BCUT2D eigenvalue weighted by molar-refractivity contribution is 0.415. The number of nitrogens with one attached hydrogen (secondary N) is 1. The van der Waals surface area contributed by atoms with Gasteiger partial charge in [-0.1, -0.05) is 35.3 Å². The third-order valence-electron chi connectivity index (χ3n) is 2.87. The van der Waals surface area contributed by atoms with Gasteiger partial charge in [0.05, 0.1) is 28.2 Å². The van der Waals surface area contributed by atoms with E-state index in [0.717, 1.165) is 22.4 Å². The van der Waals surface area contributed by atoms with E-state index in [9.17, 15) is 0 Å². The zero-order chi connectivity index (χ0) is 13.4. The Hall–Kier alpha value is -1.71. The van der Waals surface area contributed by atoms with Crippen molar-refractivity contribution < 1.29 is 4.74 Å². The number of halogens is 2. The van der Waals surface area contributed by atoms with Crippen LogP contribution in [-0.2, 0) is 0 Å². The third-order valence-corrected chi connectivity index (χ3v) is 3.43. The molecule has 96 valence electrons. The fraction of sp³-hybridized carbons (Fsp3) is 0.0714. The zero-order valence-electron chi connectivity index (χ0n) is 10.1. The summed E-state index contributed by atoms with van der Waals surface area (Å²) in [7, 11) is 1.54. The smallest absolute Gasteiger partial charge is 0.156 e. The maximum absolute atomic E-state index is 6.13. The van der Waals surface area contributed by atoms with Crippen molar-refractivity contribution in [1.29, 1.82) is 0 Å². The Kier molecular flexibility index (Phi) is 3.09. The van der Waals surface area contributed by atoms with Crippen molar-refractivity contribution in [2.45, 2.75) is 0 Å². The van der Waals surface area contributed by atoms with Crippen molar-refractivity contribution in [3.63, 3.8) is 0 Å². The van der Waals surface area contributed by atoms with E-state index in [1.165, 1.54) is 7.11 Å². The minimum absolute atomic E-state index is 0.463. The number of rotatable bonds is 2. The van der Waals surface area contributed by atoms with Gasteiger partial charge in [0.15, 0.2) is 5.75 Å². The lowest BCUT2D eigenvalue weighted by Gasteiger charge is -2.07. The topological polar surface area (TPSA) is 37.9 Å². The zero-order valence-corrected chi connectivity index (χ0v) is 11.6. The van der Waals surface area contributed by atoms with Gasteiger partial charge >= 0.3 is 0 Å². The van der Waals surface area contributed by atoms with Crippen molar-refractivity contribution in [3.8, 4) is 17.1 Å². The highest BCUT2D eigenvalue weighted by molar-refractivity contribution is 6.37. The molecule has 2 aromatic carbocycles. The van der Waals surface area contributed by atoms with Gasteiger partial charge in [0.25, 0.3) is 0 Å². The van der Waals surface area contributed by atoms with Crippen LogP contribution in [0.5, 0.6) is 5.75 Å². The molecule has 0 amide bonds. The highest BCUT2D eigenvalue weighted by atomic mass is 35.5. The third kappa shape index (κ3) is 2.15. The van der Waals surface area contributed by atoms with Gasteiger partial charge < -0.3 is 9.72 Å². The van der Waals surface area contributed by atoms with Crippen molar-refractivity contribution in [2.24, 2.45) is 0 Å². The van der Waals surface area contributed by atoms with E-state index in [4.69, 9.17) is 27.9 Å². The summed E-state index contributed by atoms with van der Waals surface area (Å²) >= 11 is 12.3. The number of methoxy groups -OCH3 is 1. The average molecular weight is 293 g/mol. The number of imidazole rings is 1. The van der Waals surface area contributed by atoms with E-state index in [2.05, 4.69) is 9.97 Å². The van der Waals surface area contributed by atoms with Crippen molar-refractivity contribution >= 4 is 34.2 Å². The number of para-hydroxylation sites is 2. The fourth-order valence-electron chi connectivity index (χ4n) is 1.98. The van der Waals surface area contributed by atoms with E-state index >= 15 is 0 Å². The second kappa shape index (κ2) is 4.76. The summed E-state index contributed by atoms with van der Waals surface area (Å²) in [6.07, 6.45) is 0. The monoisotopic (exact) mass is 292 g/mol. The van der Waals surface area contributed by atoms with Gasteiger partial charge in [-0.3, -0.25) is 0 Å². The first-order chi connectivity index (χ1) is 9.19. The summed E-state index contributed by atoms with van der Waals surface area (Å²) in [6, 6.07) is 11.4.